The van der Waals surface area contributed by atoms with E-state index in [2.05, 4.69) is 24.2 Å². The second-order valence-electron chi connectivity index (χ2n) is 8.94. The first-order chi connectivity index (χ1) is 10.2. The summed E-state index contributed by atoms with van der Waals surface area (Å²) < 4.78 is 0. The van der Waals surface area contributed by atoms with E-state index in [4.69, 9.17) is 0 Å². The molecule has 2 atom stereocenters. The van der Waals surface area contributed by atoms with Gasteiger partial charge in [0.15, 0.2) is 0 Å². The zero-order chi connectivity index (χ0) is 14.4. The summed E-state index contributed by atoms with van der Waals surface area (Å²) >= 11 is 0. The van der Waals surface area contributed by atoms with Gasteiger partial charge in [0, 0.05) is 19.1 Å². The van der Waals surface area contributed by atoms with Gasteiger partial charge in [-0.2, -0.15) is 0 Å². The second kappa shape index (κ2) is 5.53. The van der Waals surface area contributed by atoms with E-state index in [9.17, 15) is 0 Å². The number of likely N-dealkylation sites (N-methyl/N-ethyl adjacent to an activating group) is 1. The molecule has 1 heterocycles. The van der Waals surface area contributed by atoms with Gasteiger partial charge in [0.1, 0.15) is 0 Å². The molecule has 0 aromatic heterocycles. The quantitative estimate of drug-likeness (QED) is 0.833. The number of nitrogens with one attached hydrogen (secondary N) is 1. The fraction of sp³-hybridized carbons (Fsp3) is 1.00. The Balaban J connectivity index is 1.46. The maximum absolute atomic E-state index is 3.78. The SMILES string of the molecule is CCC1CCN(CC(NC)C23CC4CC(CC(C4)C2)C3)C1. The van der Waals surface area contributed by atoms with Crippen LogP contribution in [0.4, 0.5) is 0 Å². The highest BCUT2D eigenvalue weighted by Gasteiger charge is 2.54. The van der Waals surface area contributed by atoms with Gasteiger partial charge < -0.3 is 10.2 Å². The highest BCUT2D eigenvalue weighted by atomic mass is 15.2. The zero-order valence-corrected chi connectivity index (χ0v) is 14.1. The van der Waals surface area contributed by atoms with E-state index in [0.717, 1.165) is 29.7 Å². The molecule has 21 heavy (non-hydrogen) atoms. The zero-order valence-electron chi connectivity index (χ0n) is 14.1. The summed E-state index contributed by atoms with van der Waals surface area (Å²) in [5.74, 6) is 4.20. The highest BCUT2D eigenvalue weighted by molar-refractivity contribution is 5.06. The summed E-state index contributed by atoms with van der Waals surface area (Å²) in [4.78, 5) is 2.77. The molecular weight excluding hydrogens is 256 g/mol. The number of likely N-dealkylation sites (tertiary alicyclic amines) is 1. The van der Waals surface area contributed by atoms with Crippen molar-refractivity contribution in [3.63, 3.8) is 0 Å². The van der Waals surface area contributed by atoms with Crippen LogP contribution >= 0.6 is 0 Å². The minimum atomic E-state index is 0.661. The summed E-state index contributed by atoms with van der Waals surface area (Å²) in [6.07, 6.45) is 12.1. The minimum Gasteiger partial charge on any atom is -0.315 e. The molecule has 5 rings (SSSR count). The van der Waals surface area contributed by atoms with Crippen LogP contribution in [0.1, 0.15) is 58.3 Å². The molecule has 4 bridgehead atoms. The third-order valence-corrected chi connectivity index (χ3v) is 7.56. The molecule has 0 radical (unpaired) electrons. The van der Waals surface area contributed by atoms with Crippen LogP contribution in [0.25, 0.3) is 0 Å². The van der Waals surface area contributed by atoms with Crippen LogP contribution in [0, 0.1) is 29.1 Å². The van der Waals surface area contributed by atoms with Crippen molar-refractivity contribution in [1.82, 2.24) is 10.2 Å². The standard InChI is InChI=1S/C19H34N2/c1-3-14-4-5-21(12-14)13-18(20-2)19-9-15-6-16(10-19)8-17(7-15)11-19/h14-18,20H,3-13H2,1-2H3. The summed E-state index contributed by atoms with van der Waals surface area (Å²) in [5, 5.41) is 3.78. The molecular formula is C19H34N2. The lowest BCUT2D eigenvalue weighted by Gasteiger charge is -2.60. The molecule has 1 aliphatic heterocycles. The minimum absolute atomic E-state index is 0.661. The van der Waals surface area contributed by atoms with Gasteiger partial charge in [0.05, 0.1) is 0 Å². The molecule has 0 spiro atoms. The van der Waals surface area contributed by atoms with Crippen molar-refractivity contribution in [1.29, 1.82) is 0 Å². The molecule has 1 saturated heterocycles. The predicted molar refractivity (Wildman–Crippen MR) is 88.3 cm³/mol. The van der Waals surface area contributed by atoms with Crippen LogP contribution in [0.2, 0.25) is 0 Å². The molecule has 2 unspecified atom stereocenters. The van der Waals surface area contributed by atoms with Crippen molar-refractivity contribution in [2.45, 2.75) is 64.3 Å². The van der Waals surface area contributed by atoms with Gasteiger partial charge in [0.25, 0.3) is 0 Å². The second-order valence-corrected chi connectivity index (χ2v) is 8.94. The van der Waals surface area contributed by atoms with Crippen molar-refractivity contribution in [2.24, 2.45) is 29.1 Å². The Hall–Kier alpha value is -0.0800. The first kappa shape index (κ1) is 14.5. The number of rotatable bonds is 5. The Kier molecular flexibility index (Phi) is 3.82. The van der Waals surface area contributed by atoms with Crippen LogP contribution in [0.15, 0.2) is 0 Å². The lowest BCUT2D eigenvalue weighted by Crippen LogP contribution is -2.58. The molecule has 1 N–H and O–H groups in total. The molecule has 2 heteroatoms. The Morgan fingerprint density at radius 3 is 2.19 bits per heavy atom. The predicted octanol–water partition coefficient (Wildman–Crippen LogP) is 3.52. The van der Waals surface area contributed by atoms with Crippen LogP contribution in [0.3, 0.4) is 0 Å². The lowest BCUT2D eigenvalue weighted by molar-refractivity contribution is -0.0768. The van der Waals surface area contributed by atoms with Crippen molar-refractivity contribution < 1.29 is 0 Å². The molecule has 120 valence electrons. The van der Waals surface area contributed by atoms with E-state index in [0.29, 0.717) is 5.41 Å². The average molecular weight is 290 g/mol. The Bertz CT molecular complexity index is 342. The number of nitrogens with zero attached hydrogens (tertiary/aromatic N) is 1. The maximum atomic E-state index is 3.78. The van der Waals surface area contributed by atoms with Crippen LogP contribution in [-0.2, 0) is 0 Å². The van der Waals surface area contributed by atoms with Crippen LogP contribution in [0.5, 0.6) is 0 Å². The van der Waals surface area contributed by atoms with Crippen LogP contribution < -0.4 is 5.32 Å². The lowest BCUT2D eigenvalue weighted by atomic mass is 9.47. The van der Waals surface area contributed by atoms with E-state index >= 15 is 0 Å². The Labute approximate surface area is 131 Å². The van der Waals surface area contributed by atoms with Crippen molar-refractivity contribution in [2.75, 3.05) is 26.7 Å². The molecule has 5 aliphatic rings. The smallest absolute Gasteiger partial charge is 0.0248 e. The van der Waals surface area contributed by atoms with Gasteiger partial charge in [-0.25, -0.2) is 0 Å². The Morgan fingerprint density at radius 2 is 1.71 bits per heavy atom. The number of hydrogen-bond acceptors (Lipinski definition) is 2. The highest BCUT2D eigenvalue weighted by Crippen LogP contribution is 2.61. The fourth-order valence-corrected chi connectivity index (χ4v) is 6.87. The normalized spacial score (nSPS) is 47.1. The third-order valence-electron chi connectivity index (χ3n) is 7.56. The van der Waals surface area contributed by atoms with E-state index in [1.807, 2.05) is 0 Å². The van der Waals surface area contributed by atoms with Crippen LogP contribution in [-0.4, -0.2) is 37.6 Å². The van der Waals surface area contributed by atoms with E-state index in [-0.39, 0.29) is 0 Å². The van der Waals surface area contributed by atoms with Crippen molar-refractivity contribution in [3.05, 3.63) is 0 Å². The van der Waals surface area contributed by atoms with Gasteiger partial charge in [-0.1, -0.05) is 13.3 Å². The summed E-state index contributed by atoms with van der Waals surface area (Å²) in [5.41, 5.74) is 0.661. The van der Waals surface area contributed by atoms with Crippen molar-refractivity contribution >= 4 is 0 Å². The van der Waals surface area contributed by atoms with Gasteiger partial charge in [-0.15, -0.1) is 0 Å². The molecule has 5 fully saturated rings. The van der Waals surface area contributed by atoms with E-state index in [1.54, 1.807) is 19.3 Å². The Morgan fingerprint density at radius 1 is 1.10 bits per heavy atom. The third kappa shape index (κ3) is 2.57. The molecule has 0 aromatic carbocycles. The fourth-order valence-electron chi connectivity index (χ4n) is 6.87. The molecule has 4 aliphatic carbocycles. The van der Waals surface area contributed by atoms with E-state index in [1.165, 1.54) is 51.7 Å². The maximum Gasteiger partial charge on any atom is 0.0248 e. The van der Waals surface area contributed by atoms with Gasteiger partial charge in [-0.05, 0) is 87.6 Å². The summed E-state index contributed by atoms with van der Waals surface area (Å²) in [6.45, 7) is 6.39. The van der Waals surface area contributed by atoms with Gasteiger partial charge in [0.2, 0.25) is 0 Å². The monoisotopic (exact) mass is 290 g/mol. The summed E-state index contributed by atoms with van der Waals surface area (Å²) in [6, 6.07) is 0.751. The number of hydrogen-bond donors (Lipinski definition) is 1. The van der Waals surface area contributed by atoms with Crippen molar-refractivity contribution in [3.8, 4) is 0 Å². The largest absolute Gasteiger partial charge is 0.315 e. The first-order valence-electron chi connectivity index (χ1n) is 9.60. The average Bonchev–Trinajstić information content (AvgIpc) is 2.91. The molecule has 0 aromatic rings. The topological polar surface area (TPSA) is 15.3 Å². The summed E-state index contributed by atoms with van der Waals surface area (Å²) in [7, 11) is 2.23. The molecule has 0 amide bonds. The van der Waals surface area contributed by atoms with Gasteiger partial charge in [-0.3, -0.25) is 0 Å². The van der Waals surface area contributed by atoms with E-state index < -0.39 is 0 Å². The molecule has 2 nitrogen and oxygen atoms in total. The first-order valence-corrected chi connectivity index (χ1v) is 9.60. The van der Waals surface area contributed by atoms with Gasteiger partial charge >= 0.3 is 0 Å². The molecule has 4 saturated carbocycles.